The van der Waals surface area contributed by atoms with E-state index in [-0.39, 0.29) is 6.03 Å². The molecule has 7 heteroatoms. The van der Waals surface area contributed by atoms with Crippen molar-refractivity contribution in [2.45, 2.75) is 32.9 Å². The highest BCUT2D eigenvalue weighted by molar-refractivity contribution is 5.98. The molecule has 31 heavy (non-hydrogen) atoms. The van der Waals surface area contributed by atoms with Crippen LogP contribution in [-0.4, -0.2) is 26.6 Å². The average molecular weight is 413 g/mol. The fraction of sp³-hybridized carbons (Fsp3) is 0.208. The molecule has 2 aromatic carbocycles. The second-order valence-corrected chi connectivity index (χ2v) is 7.90. The molecule has 1 unspecified atom stereocenters. The monoisotopic (exact) mass is 413 g/mol. The van der Waals surface area contributed by atoms with Crippen molar-refractivity contribution in [3.63, 3.8) is 0 Å². The predicted molar refractivity (Wildman–Crippen MR) is 120 cm³/mol. The van der Waals surface area contributed by atoms with E-state index in [4.69, 9.17) is 4.74 Å². The lowest BCUT2D eigenvalue weighted by molar-refractivity contribution is 0.254. The number of nitrogens with one attached hydrogen (secondary N) is 2. The lowest BCUT2D eigenvalue weighted by Crippen LogP contribution is -2.33. The largest absolute Gasteiger partial charge is 0.439 e. The summed E-state index contributed by atoms with van der Waals surface area (Å²) in [6, 6.07) is 15.4. The zero-order valence-corrected chi connectivity index (χ0v) is 17.4. The summed E-state index contributed by atoms with van der Waals surface area (Å²) in [4.78, 5) is 21.5. The molecular formula is C24H23N5O2. The Kier molecular flexibility index (Phi) is 4.88. The molecule has 0 saturated carbocycles. The standard InChI is InChI=1S/C24H23N5O2/c1-15-4-3-5-18(10-15)28-24(30)29-9-8-17-12-19(6-7-22(17)29)31-23-20-11-16(2)25-13-21(20)26-14-27-23/h3-10,12,14,16,25H,11,13H2,1-2H3,(H,28,30). The summed E-state index contributed by atoms with van der Waals surface area (Å²) in [7, 11) is 0. The van der Waals surface area contributed by atoms with Crippen LogP contribution >= 0.6 is 0 Å². The van der Waals surface area contributed by atoms with Gasteiger partial charge in [0.25, 0.3) is 0 Å². The van der Waals surface area contributed by atoms with Gasteiger partial charge in [0.2, 0.25) is 5.88 Å². The van der Waals surface area contributed by atoms with E-state index in [0.717, 1.165) is 39.8 Å². The Morgan fingerprint density at radius 3 is 2.97 bits per heavy atom. The second kappa shape index (κ2) is 7.85. The van der Waals surface area contributed by atoms with Crippen molar-refractivity contribution in [2.75, 3.05) is 5.32 Å². The molecule has 0 fully saturated rings. The first-order valence-corrected chi connectivity index (χ1v) is 10.3. The number of amides is 1. The molecule has 2 aromatic heterocycles. The van der Waals surface area contributed by atoms with Crippen molar-refractivity contribution < 1.29 is 9.53 Å². The fourth-order valence-corrected chi connectivity index (χ4v) is 3.90. The molecule has 0 bridgehead atoms. The number of anilines is 1. The Morgan fingerprint density at radius 2 is 2.10 bits per heavy atom. The number of hydrogen-bond donors (Lipinski definition) is 2. The van der Waals surface area contributed by atoms with E-state index in [2.05, 4.69) is 27.5 Å². The Balaban J connectivity index is 1.39. The number of carbonyl (C=O) groups is 1. The van der Waals surface area contributed by atoms with Crippen LogP contribution in [0.15, 0.2) is 61.1 Å². The molecule has 1 atom stereocenters. The highest BCUT2D eigenvalue weighted by atomic mass is 16.5. The van der Waals surface area contributed by atoms with Gasteiger partial charge in [-0.25, -0.2) is 14.8 Å². The van der Waals surface area contributed by atoms with Crippen molar-refractivity contribution in [3.8, 4) is 11.6 Å². The van der Waals surface area contributed by atoms with Crippen molar-refractivity contribution in [1.29, 1.82) is 0 Å². The van der Waals surface area contributed by atoms with Crippen molar-refractivity contribution in [2.24, 2.45) is 0 Å². The van der Waals surface area contributed by atoms with E-state index in [0.29, 0.717) is 24.2 Å². The first-order chi connectivity index (χ1) is 15.1. The van der Waals surface area contributed by atoms with Gasteiger partial charge < -0.3 is 15.4 Å². The van der Waals surface area contributed by atoms with Crippen molar-refractivity contribution >= 4 is 22.6 Å². The third-order valence-electron chi connectivity index (χ3n) is 5.49. The Bertz CT molecular complexity index is 1280. The lowest BCUT2D eigenvalue weighted by Gasteiger charge is -2.23. The van der Waals surface area contributed by atoms with Crippen LogP contribution in [0.2, 0.25) is 0 Å². The van der Waals surface area contributed by atoms with Gasteiger partial charge in [-0.1, -0.05) is 12.1 Å². The summed E-state index contributed by atoms with van der Waals surface area (Å²) in [6.45, 7) is 4.85. The van der Waals surface area contributed by atoms with E-state index in [1.807, 2.05) is 55.5 Å². The van der Waals surface area contributed by atoms with Crippen LogP contribution in [0.1, 0.15) is 23.7 Å². The van der Waals surface area contributed by atoms with E-state index in [9.17, 15) is 4.79 Å². The maximum Gasteiger partial charge on any atom is 0.330 e. The number of benzene rings is 2. The molecule has 1 aliphatic heterocycles. The summed E-state index contributed by atoms with van der Waals surface area (Å²) in [6.07, 6.45) is 4.12. The second-order valence-electron chi connectivity index (χ2n) is 7.90. The van der Waals surface area contributed by atoms with Gasteiger partial charge in [-0.3, -0.25) is 4.57 Å². The number of aryl methyl sites for hydroxylation is 1. The van der Waals surface area contributed by atoms with Crippen LogP contribution in [0.5, 0.6) is 11.6 Å². The van der Waals surface area contributed by atoms with Gasteiger partial charge in [0.1, 0.15) is 12.1 Å². The number of rotatable bonds is 3. The van der Waals surface area contributed by atoms with E-state index >= 15 is 0 Å². The molecule has 1 amide bonds. The number of fused-ring (bicyclic) bond motifs is 2. The molecule has 1 aliphatic rings. The van der Waals surface area contributed by atoms with Gasteiger partial charge >= 0.3 is 6.03 Å². The van der Waals surface area contributed by atoms with Gasteiger partial charge in [-0.2, -0.15) is 0 Å². The summed E-state index contributed by atoms with van der Waals surface area (Å²) in [5.74, 6) is 1.27. The Hall–Kier alpha value is -3.71. The third kappa shape index (κ3) is 3.87. The van der Waals surface area contributed by atoms with Gasteiger partial charge in [-0.05, 0) is 62.2 Å². The summed E-state index contributed by atoms with van der Waals surface area (Å²) in [5, 5.41) is 7.25. The van der Waals surface area contributed by atoms with Crippen LogP contribution in [0, 0.1) is 6.92 Å². The van der Waals surface area contributed by atoms with Crippen LogP contribution < -0.4 is 15.4 Å². The number of aromatic nitrogens is 3. The molecule has 156 valence electrons. The summed E-state index contributed by atoms with van der Waals surface area (Å²) in [5.41, 5.74) is 4.69. The number of hydrogen-bond acceptors (Lipinski definition) is 5. The molecule has 7 nitrogen and oxygen atoms in total. The normalized spacial score (nSPS) is 15.5. The number of carbonyl (C=O) groups excluding carboxylic acids is 1. The van der Waals surface area contributed by atoms with Crippen molar-refractivity contribution in [1.82, 2.24) is 19.9 Å². The Labute approximate surface area is 180 Å². The van der Waals surface area contributed by atoms with Gasteiger partial charge in [0.15, 0.2) is 0 Å². The third-order valence-corrected chi connectivity index (χ3v) is 5.49. The minimum Gasteiger partial charge on any atom is -0.439 e. The zero-order chi connectivity index (χ0) is 21.4. The molecule has 4 aromatic rings. The highest BCUT2D eigenvalue weighted by Crippen LogP contribution is 2.30. The van der Waals surface area contributed by atoms with E-state index < -0.39 is 0 Å². The first-order valence-electron chi connectivity index (χ1n) is 10.3. The minimum atomic E-state index is -0.208. The first kappa shape index (κ1) is 19.3. The maximum absolute atomic E-state index is 12.8. The molecule has 0 aliphatic carbocycles. The number of nitrogens with zero attached hydrogens (tertiary/aromatic N) is 3. The zero-order valence-electron chi connectivity index (χ0n) is 17.4. The number of ether oxygens (including phenoxy) is 1. The van der Waals surface area contributed by atoms with Gasteiger partial charge in [0, 0.05) is 35.4 Å². The topological polar surface area (TPSA) is 81.1 Å². The summed E-state index contributed by atoms with van der Waals surface area (Å²) >= 11 is 0. The highest BCUT2D eigenvalue weighted by Gasteiger charge is 2.21. The molecule has 5 rings (SSSR count). The molecule has 2 N–H and O–H groups in total. The van der Waals surface area contributed by atoms with E-state index in [1.54, 1.807) is 10.8 Å². The predicted octanol–water partition coefficient (Wildman–Crippen LogP) is 4.65. The fourth-order valence-electron chi connectivity index (χ4n) is 3.90. The van der Waals surface area contributed by atoms with Crippen LogP contribution in [-0.2, 0) is 13.0 Å². The maximum atomic E-state index is 12.8. The smallest absolute Gasteiger partial charge is 0.330 e. The minimum absolute atomic E-state index is 0.208. The lowest BCUT2D eigenvalue weighted by atomic mass is 10.0. The van der Waals surface area contributed by atoms with E-state index in [1.165, 1.54) is 6.33 Å². The average Bonchev–Trinajstić information content (AvgIpc) is 3.18. The van der Waals surface area contributed by atoms with Gasteiger partial charge in [-0.15, -0.1) is 0 Å². The van der Waals surface area contributed by atoms with Crippen LogP contribution in [0.4, 0.5) is 10.5 Å². The van der Waals surface area contributed by atoms with Crippen molar-refractivity contribution in [3.05, 3.63) is 77.9 Å². The van der Waals surface area contributed by atoms with Gasteiger partial charge in [0.05, 0.1) is 11.2 Å². The molecule has 0 radical (unpaired) electrons. The SMILES string of the molecule is Cc1cccc(NC(=O)n2ccc3cc(Oc4ncnc5c4CC(C)NC5)ccc32)c1. The van der Waals surface area contributed by atoms with Crippen LogP contribution in [0.25, 0.3) is 10.9 Å². The molecule has 0 spiro atoms. The molecule has 3 heterocycles. The quantitative estimate of drug-likeness (QED) is 0.511. The summed E-state index contributed by atoms with van der Waals surface area (Å²) < 4.78 is 7.72. The molecular weight excluding hydrogens is 390 g/mol. The molecule has 0 saturated heterocycles. The Morgan fingerprint density at radius 1 is 1.19 bits per heavy atom. The van der Waals surface area contributed by atoms with Crippen LogP contribution in [0.3, 0.4) is 0 Å².